The first-order valence-corrected chi connectivity index (χ1v) is 13.5. The molecule has 0 aliphatic carbocycles. The second kappa shape index (κ2) is 14.4. The van der Waals surface area contributed by atoms with Crippen molar-refractivity contribution in [3.63, 3.8) is 0 Å². The highest BCUT2D eigenvalue weighted by atomic mass is 19.4. The number of para-hydroxylation sites is 1. The predicted octanol–water partition coefficient (Wildman–Crippen LogP) is 4.07. The summed E-state index contributed by atoms with van der Waals surface area (Å²) in [5.41, 5.74) is 5.23. The van der Waals surface area contributed by atoms with Crippen LogP contribution in [-0.2, 0) is 23.9 Å². The Morgan fingerprint density at radius 3 is 2.00 bits per heavy atom. The predicted molar refractivity (Wildman–Crippen MR) is 160 cm³/mol. The lowest BCUT2D eigenvalue weighted by molar-refractivity contribution is -0.458. The van der Waals surface area contributed by atoms with Crippen molar-refractivity contribution in [2.75, 3.05) is 10.6 Å². The van der Waals surface area contributed by atoms with Gasteiger partial charge in [0.1, 0.15) is 6.04 Å². The van der Waals surface area contributed by atoms with Crippen molar-refractivity contribution >= 4 is 40.6 Å². The van der Waals surface area contributed by atoms with Gasteiger partial charge in [-0.3, -0.25) is 10.6 Å². The minimum atomic E-state index is -4.71. The Morgan fingerprint density at radius 1 is 0.711 bits per heavy atom. The fourth-order valence-corrected chi connectivity index (χ4v) is 4.48. The van der Waals surface area contributed by atoms with Crippen LogP contribution in [0.5, 0.6) is 0 Å². The van der Waals surface area contributed by atoms with E-state index in [2.05, 4.69) is 32.8 Å². The van der Waals surface area contributed by atoms with Crippen molar-refractivity contribution in [2.24, 2.45) is 0 Å². The number of halogens is 3. The summed E-state index contributed by atoms with van der Waals surface area (Å²) in [4.78, 5) is 36.8. The molecule has 4 rings (SSSR count). The Hall–Kier alpha value is -5.44. The van der Waals surface area contributed by atoms with Gasteiger partial charge in [-0.2, -0.15) is 13.2 Å². The van der Waals surface area contributed by atoms with Gasteiger partial charge in [-0.05, 0) is 60.0 Å². The molecule has 0 saturated carbocycles. The SMILES string of the molecule is [NH3+]NN[C@@H](Cc1ccccc1)C(=O)NCc1ccc(Nc2cc(C(F)(F)F)ccc2Nc2ccccc2C(=O)O)c(C(=O)O)c1. The number of rotatable bonds is 13. The molecule has 0 saturated heterocycles. The lowest BCUT2D eigenvalue weighted by Crippen LogP contribution is -2.73. The van der Waals surface area contributed by atoms with Crippen LogP contribution in [0.25, 0.3) is 0 Å². The van der Waals surface area contributed by atoms with E-state index in [1.165, 1.54) is 36.4 Å². The number of benzene rings is 4. The van der Waals surface area contributed by atoms with Crippen LogP contribution in [0.4, 0.5) is 35.9 Å². The molecule has 0 fully saturated rings. The first kappa shape index (κ1) is 32.5. The van der Waals surface area contributed by atoms with Gasteiger partial charge in [0.2, 0.25) is 5.91 Å². The van der Waals surface area contributed by atoms with Crippen molar-refractivity contribution in [1.29, 1.82) is 0 Å². The van der Waals surface area contributed by atoms with Gasteiger partial charge in [-0.15, -0.1) is 5.53 Å². The van der Waals surface area contributed by atoms with Gasteiger partial charge in [-0.1, -0.05) is 48.5 Å². The summed E-state index contributed by atoms with van der Waals surface area (Å²) in [5.74, 6) is 0.500. The molecule has 0 spiro atoms. The number of quaternary nitrogens is 1. The number of amides is 1. The summed E-state index contributed by atoms with van der Waals surface area (Å²) < 4.78 is 40.8. The summed E-state index contributed by atoms with van der Waals surface area (Å²) >= 11 is 0. The van der Waals surface area contributed by atoms with Crippen molar-refractivity contribution < 1.29 is 43.6 Å². The lowest BCUT2D eigenvalue weighted by atomic mass is 10.0. The Bertz CT molecular complexity index is 1680. The van der Waals surface area contributed by atoms with Gasteiger partial charge < -0.3 is 26.2 Å². The summed E-state index contributed by atoms with van der Waals surface area (Å²) in [7, 11) is 0. The van der Waals surface area contributed by atoms with E-state index in [-0.39, 0.29) is 46.3 Å². The Balaban J connectivity index is 1.59. The molecule has 0 unspecified atom stereocenters. The third-order valence-corrected chi connectivity index (χ3v) is 6.70. The summed E-state index contributed by atoms with van der Waals surface area (Å²) in [6.45, 7) is -0.0359. The molecule has 4 aromatic carbocycles. The Labute approximate surface area is 255 Å². The quantitative estimate of drug-likeness (QED) is 0.102. The van der Waals surface area contributed by atoms with Gasteiger partial charge in [-0.25, -0.2) is 15.0 Å². The first-order chi connectivity index (χ1) is 21.5. The molecular weight excluding hydrogens is 593 g/mol. The molecule has 11 nitrogen and oxygen atoms in total. The molecule has 0 aliphatic heterocycles. The van der Waals surface area contributed by atoms with Crippen LogP contribution >= 0.6 is 0 Å². The van der Waals surface area contributed by atoms with Crippen LogP contribution in [0.15, 0.2) is 91.0 Å². The van der Waals surface area contributed by atoms with Crippen LogP contribution in [0.3, 0.4) is 0 Å². The highest BCUT2D eigenvalue weighted by molar-refractivity contribution is 5.98. The zero-order chi connectivity index (χ0) is 32.6. The number of anilines is 4. The number of carbonyl (C=O) groups excluding carboxylic acids is 1. The summed E-state index contributed by atoms with van der Waals surface area (Å²) in [6.07, 6.45) is -4.36. The van der Waals surface area contributed by atoms with E-state index < -0.39 is 29.7 Å². The largest absolute Gasteiger partial charge is 0.478 e. The molecule has 0 radical (unpaired) electrons. The summed E-state index contributed by atoms with van der Waals surface area (Å²) in [5, 5.41) is 27.8. The van der Waals surface area contributed by atoms with Gasteiger partial charge >= 0.3 is 18.1 Å². The normalized spacial score (nSPS) is 11.8. The number of hydrogen-bond donors (Lipinski definition) is 8. The van der Waals surface area contributed by atoms with E-state index in [1.54, 1.807) is 6.07 Å². The second-order valence-electron chi connectivity index (χ2n) is 9.83. The van der Waals surface area contributed by atoms with E-state index in [4.69, 9.17) is 0 Å². The number of hydrazine groups is 1. The molecule has 10 N–H and O–H groups in total. The average Bonchev–Trinajstić information content (AvgIpc) is 3.01. The molecule has 45 heavy (non-hydrogen) atoms. The molecule has 0 aromatic heterocycles. The van der Waals surface area contributed by atoms with E-state index in [1.807, 2.05) is 30.3 Å². The molecule has 1 amide bonds. The standard InChI is InChI=1S/C31H29F3N6O5/c32-31(33,34)20-11-13-25(37-23-9-5-4-8-21(23)29(42)43)26(16-20)38-24-12-10-19(14-22(24)30(44)45)17-36-28(41)27(39-40-35)15-18-6-2-1-3-7-18/h1-14,16,27,37-40H,15,17,35H2,(H,36,41)(H,42,43)(H,44,45)/p+1/t27-/m0/s1. The fraction of sp³-hybridized carbons (Fsp3) is 0.129. The Morgan fingerprint density at radius 2 is 1.33 bits per heavy atom. The maximum Gasteiger partial charge on any atom is 0.416 e. The monoisotopic (exact) mass is 623 g/mol. The van der Waals surface area contributed by atoms with Crippen LogP contribution in [-0.4, -0.2) is 34.1 Å². The van der Waals surface area contributed by atoms with E-state index in [0.29, 0.717) is 12.0 Å². The fourth-order valence-electron chi connectivity index (χ4n) is 4.48. The third-order valence-electron chi connectivity index (χ3n) is 6.70. The van der Waals surface area contributed by atoms with Gasteiger partial charge in [0.15, 0.2) is 0 Å². The van der Waals surface area contributed by atoms with E-state index in [0.717, 1.165) is 23.8 Å². The average molecular weight is 624 g/mol. The number of hydrogen-bond acceptors (Lipinski definition) is 7. The molecule has 4 aromatic rings. The highest BCUT2D eigenvalue weighted by Crippen LogP contribution is 2.37. The molecule has 234 valence electrons. The number of nitrogens with one attached hydrogen (secondary N) is 5. The maximum atomic E-state index is 13.6. The molecule has 14 heteroatoms. The maximum absolute atomic E-state index is 13.6. The zero-order valence-electron chi connectivity index (χ0n) is 23.6. The van der Waals surface area contributed by atoms with Crippen molar-refractivity contribution in [3.05, 3.63) is 119 Å². The first-order valence-electron chi connectivity index (χ1n) is 13.5. The Kier molecular flexibility index (Phi) is 10.4. The van der Waals surface area contributed by atoms with Crippen LogP contribution < -0.4 is 32.8 Å². The van der Waals surface area contributed by atoms with Gasteiger partial charge in [0.05, 0.1) is 39.4 Å². The number of alkyl halides is 3. The number of carbonyl (C=O) groups is 3. The van der Waals surface area contributed by atoms with E-state index in [9.17, 15) is 37.8 Å². The minimum absolute atomic E-state index is 0.0312. The van der Waals surface area contributed by atoms with Crippen molar-refractivity contribution in [1.82, 2.24) is 16.3 Å². The second-order valence-corrected chi connectivity index (χ2v) is 9.83. The topological polar surface area (TPSA) is 179 Å². The smallest absolute Gasteiger partial charge is 0.416 e. The highest BCUT2D eigenvalue weighted by Gasteiger charge is 2.31. The summed E-state index contributed by atoms with van der Waals surface area (Å²) in [6, 6.07) is 21.4. The van der Waals surface area contributed by atoms with E-state index >= 15 is 0 Å². The van der Waals surface area contributed by atoms with Crippen LogP contribution in [0, 0.1) is 0 Å². The molecular formula is C31H30F3N6O5+. The van der Waals surface area contributed by atoms with Crippen molar-refractivity contribution in [2.45, 2.75) is 25.2 Å². The third kappa shape index (κ3) is 8.57. The molecule has 0 aliphatic rings. The number of carboxylic acid groups (broad SMARTS) is 2. The zero-order valence-corrected chi connectivity index (χ0v) is 23.6. The number of aromatic carboxylic acids is 2. The van der Waals surface area contributed by atoms with Gasteiger partial charge in [0, 0.05) is 6.54 Å². The van der Waals surface area contributed by atoms with Crippen molar-refractivity contribution in [3.8, 4) is 0 Å². The molecule has 0 heterocycles. The lowest BCUT2D eigenvalue weighted by Gasteiger charge is -2.19. The molecule has 1 atom stereocenters. The number of carboxylic acids is 2. The minimum Gasteiger partial charge on any atom is -0.478 e. The molecule has 0 bridgehead atoms. The van der Waals surface area contributed by atoms with Crippen LogP contribution in [0.1, 0.15) is 37.4 Å². The van der Waals surface area contributed by atoms with Crippen LogP contribution in [0.2, 0.25) is 0 Å². The van der Waals surface area contributed by atoms with Gasteiger partial charge in [0.25, 0.3) is 0 Å².